The topological polar surface area (TPSA) is 64.5 Å². The van der Waals surface area contributed by atoms with E-state index in [1.54, 1.807) is 7.11 Å². The van der Waals surface area contributed by atoms with Crippen LogP contribution in [-0.4, -0.2) is 49.9 Å². The van der Waals surface area contributed by atoms with E-state index in [0.29, 0.717) is 26.1 Å². The number of carbonyl (C=O) groups excluding carboxylic acids is 1. The second kappa shape index (κ2) is 7.68. The number of anilines is 1. The summed E-state index contributed by atoms with van der Waals surface area (Å²) in [6.45, 7) is 5.57. The van der Waals surface area contributed by atoms with Gasteiger partial charge in [-0.1, -0.05) is 0 Å². The van der Waals surface area contributed by atoms with Crippen molar-refractivity contribution in [3.63, 3.8) is 0 Å². The molecule has 0 aliphatic carbocycles. The van der Waals surface area contributed by atoms with Crippen molar-refractivity contribution in [1.82, 2.24) is 9.97 Å². The molecule has 6 nitrogen and oxygen atoms in total. The summed E-state index contributed by atoms with van der Waals surface area (Å²) in [4.78, 5) is 21.9. The Labute approximate surface area is 113 Å². The van der Waals surface area contributed by atoms with Crippen LogP contribution in [0.3, 0.4) is 0 Å². The first-order chi connectivity index (χ1) is 9.06. The fourth-order valence-corrected chi connectivity index (χ4v) is 1.73. The van der Waals surface area contributed by atoms with E-state index >= 15 is 0 Å². The molecule has 0 N–H and O–H groups in total. The average molecular weight is 267 g/mol. The lowest BCUT2D eigenvalue weighted by molar-refractivity contribution is -0.140. The van der Waals surface area contributed by atoms with E-state index in [9.17, 15) is 4.79 Å². The first-order valence-corrected chi connectivity index (χ1v) is 6.19. The van der Waals surface area contributed by atoms with Crippen LogP contribution >= 0.6 is 0 Å². The van der Waals surface area contributed by atoms with Crippen LogP contribution in [0.25, 0.3) is 0 Å². The molecule has 0 fully saturated rings. The zero-order valence-corrected chi connectivity index (χ0v) is 12.0. The molecule has 0 bridgehead atoms. The van der Waals surface area contributed by atoms with Crippen molar-refractivity contribution in [2.24, 2.45) is 0 Å². The van der Waals surface area contributed by atoms with Crippen molar-refractivity contribution < 1.29 is 14.3 Å². The Morgan fingerprint density at radius 3 is 2.58 bits per heavy atom. The molecule has 0 radical (unpaired) electrons. The molecule has 0 aromatic carbocycles. The molecular weight excluding hydrogens is 246 g/mol. The molecule has 1 aromatic rings. The minimum absolute atomic E-state index is 0.232. The number of hydrogen-bond donors (Lipinski definition) is 0. The van der Waals surface area contributed by atoms with E-state index in [1.807, 2.05) is 24.8 Å². The van der Waals surface area contributed by atoms with Gasteiger partial charge in [-0.3, -0.25) is 4.79 Å². The Morgan fingerprint density at radius 1 is 1.26 bits per heavy atom. The number of rotatable bonds is 7. The third kappa shape index (κ3) is 5.21. The molecule has 0 atom stereocenters. The molecule has 1 aromatic heterocycles. The molecular formula is C13H21N3O3. The van der Waals surface area contributed by atoms with Gasteiger partial charge in [-0.2, -0.15) is 0 Å². The number of carbonyl (C=O) groups is 1. The van der Waals surface area contributed by atoms with Gasteiger partial charge in [-0.15, -0.1) is 0 Å². The summed E-state index contributed by atoms with van der Waals surface area (Å²) in [5, 5.41) is 0. The summed E-state index contributed by atoms with van der Waals surface area (Å²) < 4.78 is 9.74. The molecule has 0 saturated carbocycles. The molecule has 0 aliphatic rings. The van der Waals surface area contributed by atoms with Crippen molar-refractivity contribution >= 4 is 11.8 Å². The molecule has 0 amide bonds. The van der Waals surface area contributed by atoms with Crippen LogP contribution in [-0.2, 0) is 14.3 Å². The highest BCUT2D eigenvalue weighted by atomic mass is 16.5. The monoisotopic (exact) mass is 267 g/mol. The first kappa shape index (κ1) is 15.4. The number of methoxy groups -OCH3 is 2. The Morgan fingerprint density at radius 2 is 2.00 bits per heavy atom. The molecule has 1 heterocycles. The maximum atomic E-state index is 11.2. The minimum atomic E-state index is -0.232. The number of aryl methyl sites for hydroxylation is 2. The minimum Gasteiger partial charge on any atom is -0.469 e. The van der Waals surface area contributed by atoms with Crippen molar-refractivity contribution in [1.29, 1.82) is 0 Å². The van der Waals surface area contributed by atoms with Gasteiger partial charge in [0.15, 0.2) is 0 Å². The van der Waals surface area contributed by atoms with Gasteiger partial charge in [0.2, 0.25) is 0 Å². The molecule has 106 valence electrons. The highest BCUT2D eigenvalue weighted by Gasteiger charge is 2.12. The Balaban J connectivity index is 2.79. The van der Waals surface area contributed by atoms with Crippen LogP contribution in [0, 0.1) is 13.8 Å². The van der Waals surface area contributed by atoms with Crippen LogP contribution in [0.1, 0.15) is 17.9 Å². The van der Waals surface area contributed by atoms with E-state index in [0.717, 1.165) is 17.3 Å². The number of nitrogens with zero attached hydrogens (tertiary/aromatic N) is 3. The second-order valence-electron chi connectivity index (χ2n) is 4.22. The summed E-state index contributed by atoms with van der Waals surface area (Å²) >= 11 is 0. The lowest BCUT2D eigenvalue weighted by Gasteiger charge is -2.23. The lowest BCUT2D eigenvalue weighted by atomic mass is 10.3. The SMILES string of the molecule is COCCN(CCC(=O)OC)c1cc(C)nc(C)n1. The molecule has 0 spiro atoms. The molecule has 0 unspecified atom stereocenters. The van der Waals surface area contributed by atoms with Gasteiger partial charge in [0.25, 0.3) is 0 Å². The molecule has 6 heteroatoms. The van der Waals surface area contributed by atoms with Gasteiger partial charge in [-0.05, 0) is 13.8 Å². The van der Waals surface area contributed by atoms with Crippen molar-refractivity contribution in [2.75, 3.05) is 38.8 Å². The number of aromatic nitrogens is 2. The van der Waals surface area contributed by atoms with Crippen LogP contribution in [0.4, 0.5) is 5.82 Å². The Kier molecular flexibility index (Phi) is 6.21. The normalized spacial score (nSPS) is 10.3. The predicted molar refractivity (Wildman–Crippen MR) is 72.2 cm³/mol. The van der Waals surface area contributed by atoms with E-state index < -0.39 is 0 Å². The van der Waals surface area contributed by atoms with E-state index in [-0.39, 0.29) is 5.97 Å². The van der Waals surface area contributed by atoms with Crippen molar-refractivity contribution in [3.05, 3.63) is 17.6 Å². The second-order valence-corrected chi connectivity index (χ2v) is 4.22. The van der Waals surface area contributed by atoms with Gasteiger partial charge < -0.3 is 14.4 Å². The summed E-state index contributed by atoms with van der Waals surface area (Å²) in [6, 6.07) is 1.90. The number of hydrogen-bond acceptors (Lipinski definition) is 6. The molecule has 0 aliphatic heterocycles. The van der Waals surface area contributed by atoms with Crippen LogP contribution in [0.5, 0.6) is 0 Å². The summed E-state index contributed by atoms with van der Waals surface area (Å²) in [5.41, 5.74) is 0.906. The van der Waals surface area contributed by atoms with E-state index in [4.69, 9.17) is 4.74 Å². The summed E-state index contributed by atoms with van der Waals surface area (Å²) in [6.07, 6.45) is 0.322. The van der Waals surface area contributed by atoms with Gasteiger partial charge in [-0.25, -0.2) is 9.97 Å². The third-order valence-electron chi connectivity index (χ3n) is 2.66. The standard InChI is InChI=1S/C13H21N3O3/c1-10-9-12(15-11(2)14-10)16(7-8-18-3)6-5-13(17)19-4/h9H,5-8H2,1-4H3. The lowest BCUT2D eigenvalue weighted by Crippen LogP contribution is -2.31. The fourth-order valence-electron chi connectivity index (χ4n) is 1.73. The van der Waals surface area contributed by atoms with Gasteiger partial charge in [0.05, 0.1) is 20.1 Å². The highest BCUT2D eigenvalue weighted by Crippen LogP contribution is 2.13. The van der Waals surface area contributed by atoms with Crippen LogP contribution in [0.15, 0.2) is 6.07 Å². The number of ether oxygens (including phenoxy) is 2. The van der Waals surface area contributed by atoms with E-state index in [2.05, 4.69) is 14.7 Å². The van der Waals surface area contributed by atoms with E-state index in [1.165, 1.54) is 7.11 Å². The Bertz CT molecular complexity index is 403. The largest absolute Gasteiger partial charge is 0.469 e. The fraction of sp³-hybridized carbons (Fsp3) is 0.615. The maximum Gasteiger partial charge on any atom is 0.307 e. The smallest absolute Gasteiger partial charge is 0.307 e. The van der Waals surface area contributed by atoms with Crippen LogP contribution in [0.2, 0.25) is 0 Å². The third-order valence-corrected chi connectivity index (χ3v) is 2.66. The van der Waals surface area contributed by atoms with Crippen LogP contribution < -0.4 is 4.90 Å². The molecule has 1 rings (SSSR count). The molecule has 0 saturated heterocycles. The van der Waals surface area contributed by atoms with Crippen molar-refractivity contribution in [2.45, 2.75) is 20.3 Å². The first-order valence-electron chi connectivity index (χ1n) is 6.19. The van der Waals surface area contributed by atoms with Gasteiger partial charge >= 0.3 is 5.97 Å². The maximum absolute atomic E-state index is 11.2. The van der Waals surface area contributed by atoms with Crippen molar-refractivity contribution in [3.8, 4) is 0 Å². The highest BCUT2D eigenvalue weighted by molar-refractivity contribution is 5.69. The van der Waals surface area contributed by atoms with Gasteiger partial charge in [0, 0.05) is 32.0 Å². The zero-order valence-electron chi connectivity index (χ0n) is 12.0. The number of esters is 1. The molecule has 19 heavy (non-hydrogen) atoms. The predicted octanol–water partition coefficient (Wildman–Crippen LogP) is 1.11. The summed E-state index contributed by atoms with van der Waals surface area (Å²) in [5.74, 6) is 1.30. The quantitative estimate of drug-likeness (QED) is 0.690. The average Bonchev–Trinajstić information content (AvgIpc) is 2.37. The Hall–Kier alpha value is -1.69. The van der Waals surface area contributed by atoms with Gasteiger partial charge in [0.1, 0.15) is 11.6 Å². The zero-order chi connectivity index (χ0) is 14.3. The summed E-state index contributed by atoms with van der Waals surface area (Å²) in [7, 11) is 3.04.